The summed E-state index contributed by atoms with van der Waals surface area (Å²) in [5.74, 6) is 0.874. The van der Waals surface area contributed by atoms with Gasteiger partial charge < -0.3 is 11.1 Å². The molecule has 0 spiro atoms. The van der Waals surface area contributed by atoms with E-state index in [0.29, 0.717) is 41.1 Å². The first-order valence-electron chi connectivity index (χ1n) is 9.71. The highest BCUT2D eigenvalue weighted by atomic mass is 35.5. The molecule has 4 rings (SSSR count). The molecule has 2 atom stereocenters. The molecule has 2 heterocycles. The highest BCUT2D eigenvalue weighted by molar-refractivity contribution is 6.30. The molecule has 0 saturated heterocycles. The first-order valence-corrected chi connectivity index (χ1v) is 10.1. The fourth-order valence-electron chi connectivity index (χ4n) is 3.76. The average Bonchev–Trinajstić information content (AvgIpc) is 3.37. The molecule has 1 aromatic carbocycles. The molecule has 150 valence electrons. The van der Waals surface area contributed by atoms with Gasteiger partial charge in [0.15, 0.2) is 0 Å². The number of rotatable bonds is 7. The Bertz CT molecular complexity index is 1000. The number of hydrogen-bond donors (Lipinski definition) is 2. The fourth-order valence-corrected chi connectivity index (χ4v) is 3.97. The zero-order valence-corrected chi connectivity index (χ0v) is 16.7. The van der Waals surface area contributed by atoms with E-state index in [1.165, 1.54) is 6.33 Å². The Hall–Kier alpha value is -2.77. The van der Waals surface area contributed by atoms with Crippen molar-refractivity contribution in [1.82, 2.24) is 19.7 Å². The van der Waals surface area contributed by atoms with Crippen LogP contribution in [-0.4, -0.2) is 38.1 Å². The van der Waals surface area contributed by atoms with E-state index in [1.54, 1.807) is 23.1 Å². The van der Waals surface area contributed by atoms with Gasteiger partial charge in [-0.1, -0.05) is 23.7 Å². The second-order valence-electron chi connectivity index (χ2n) is 7.40. The van der Waals surface area contributed by atoms with Gasteiger partial charge in [0.25, 0.3) is 0 Å². The van der Waals surface area contributed by atoms with Crippen LogP contribution >= 0.6 is 11.6 Å². The topological polar surface area (TPSA) is 98.7 Å². The maximum Gasteiger partial charge on any atom is 0.218 e. The number of benzene rings is 1. The number of carbonyl (C=O) groups is 1. The van der Waals surface area contributed by atoms with Crippen molar-refractivity contribution < 1.29 is 4.79 Å². The van der Waals surface area contributed by atoms with Gasteiger partial charge in [0.1, 0.15) is 17.8 Å². The van der Waals surface area contributed by atoms with Crippen molar-refractivity contribution in [1.29, 1.82) is 0 Å². The SMILES string of the molecule is NCC1CCC(Nc2ncncc2C(=O)c2ccn(Cc3cccc(Cl)c3)n2)C1. The standard InChI is InChI=1S/C21H23ClN6O/c22-16-3-1-2-15(8-16)12-28-7-6-19(27-28)20(29)18-11-24-13-25-21(18)26-17-5-4-14(9-17)10-23/h1-3,6-8,11,13-14,17H,4-5,9-10,12,23H2,(H,24,25,26). The Balaban J connectivity index is 1.49. The summed E-state index contributed by atoms with van der Waals surface area (Å²) in [7, 11) is 0. The van der Waals surface area contributed by atoms with E-state index in [2.05, 4.69) is 20.4 Å². The lowest BCUT2D eigenvalue weighted by Crippen LogP contribution is -2.21. The number of hydrogen-bond acceptors (Lipinski definition) is 6. The van der Waals surface area contributed by atoms with Crippen LogP contribution in [0.25, 0.3) is 0 Å². The third-order valence-electron chi connectivity index (χ3n) is 5.28. The van der Waals surface area contributed by atoms with Crippen molar-refractivity contribution in [3.8, 4) is 0 Å². The summed E-state index contributed by atoms with van der Waals surface area (Å²) in [5, 5.41) is 8.51. The molecule has 0 bridgehead atoms. The third kappa shape index (κ3) is 4.63. The summed E-state index contributed by atoms with van der Waals surface area (Å²) in [6.45, 7) is 1.23. The van der Waals surface area contributed by atoms with Crippen LogP contribution in [0, 0.1) is 5.92 Å². The quantitative estimate of drug-likeness (QED) is 0.580. The van der Waals surface area contributed by atoms with Gasteiger partial charge in [-0.15, -0.1) is 0 Å². The number of halogens is 1. The lowest BCUT2D eigenvalue weighted by Gasteiger charge is -2.15. The third-order valence-corrected chi connectivity index (χ3v) is 5.51. The number of aromatic nitrogens is 4. The summed E-state index contributed by atoms with van der Waals surface area (Å²) in [4.78, 5) is 21.4. The predicted octanol–water partition coefficient (Wildman–Crippen LogP) is 3.15. The first-order chi connectivity index (χ1) is 14.1. The Morgan fingerprint density at radius 3 is 3.00 bits per heavy atom. The molecular weight excluding hydrogens is 388 g/mol. The van der Waals surface area contributed by atoms with Crippen LogP contribution in [0.3, 0.4) is 0 Å². The van der Waals surface area contributed by atoms with Crippen LogP contribution in [0.1, 0.15) is 40.9 Å². The minimum Gasteiger partial charge on any atom is -0.367 e. The van der Waals surface area contributed by atoms with Gasteiger partial charge >= 0.3 is 0 Å². The second-order valence-corrected chi connectivity index (χ2v) is 7.84. The number of nitrogens with two attached hydrogens (primary N) is 1. The van der Waals surface area contributed by atoms with Crippen LogP contribution in [0.5, 0.6) is 0 Å². The second kappa shape index (κ2) is 8.71. The van der Waals surface area contributed by atoms with Crippen molar-refractivity contribution in [2.75, 3.05) is 11.9 Å². The summed E-state index contributed by atoms with van der Waals surface area (Å²) in [5.41, 5.74) is 7.58. The Labute approximate surface area is 174 Å². The van der Waals surface area contributed by atoms with Gasteiger partial charge in [-0.3, -0.25) is 9.48 Å². The first kappa shape index (κ1) is 19.5. The largest absolute Gasteiger partial charge is 0.367 e. The highest BCUT2D eigenvalue weighted by Crippen LogP contribution is 2.28. The molecule has 29 heavy (non-hydrogen) atoms. The molecule has 1 aliphatic rings. The van der Waals surface area contributed by atoms with Crippen LogP contribution < -0.4 is 11.1 Å². The van der Waals surface area contributed by atoms with Crippen molar-refractivity contribution >= 4 is 23.2 Å². The maximum absolute atomic E-state index is 13.0. The van der Waals surface area contributed by atoms with Crippen LogP contribution in [0.4, 0.5) is 5.82 Å². The van der Waals surface area contributed by atoms with E-state index < -0.39 is 0 Å². The predicted molar refractivity (Wildman–Crippen MR) is 112 cm³/mol. The number of nitrogens with one attached hydrogen (secondary N) is 1. The number of ketones is 1. The molecule has 0 radical (unpaired) electrons. The van der Waals surface area contributed by atoms with E-state index in [9.17, 15) is 4.79 Å². The van der Waals surface area contributed by atoms with Gasteiger partial charge in [0, 0.05) is 23.5 Å². The fraction of sp³-hybridized carbons (Fsp3) is 0.333. The minimum atomic E-state index is -0.202. The van der Waals surface area contributed by atoms with E-state index in [1.807, 2.05) is 24.3 Å². The monoisotopic (exact) mass is 410 g/mol. The Kier molecular flexibility index (Phi) is 5.87. The molecule has 7 nitrogen and oxygen atoms in total. The van der Waals surface area contributed by atoms with Gasteiger partial charge in [-0.05, 0) is 55.5 Å². The molecule has 2 aromatic heterocycles. The average molecular weight is 411 g/mol. The molecule has 3 N–H and O–H groups in total. The van der Waals surface area contributed by atoms with Gasteiger partial charge in [-0.2, -0.15) is 5.10 Å². The number of nitrogens with zero attached hydrogens (tertiary/aromatic N) is 4. The highest BCUT2D eigenvalue weighted by Gasteiger charge is 2.26. The summed E-state index contributed by atoms with van der Waals surface area (Å²) in [6.07, 6.45) is 7.88. The molecule has 0 amide bonds. The molecule has 0 aliphatic heterocycles. The number of carbonyl (C=O) groups excluding carboxylic acids is 1. The Morgan fingerprint density at radius 1 is 1.31 bits per heavy atom. The van der Waals surface area contributed by atoms with Crippen molar-refractivity contribution in [2.24, 2.45) is 11.7 Å². The zero-order chi connectivity index (χ0) is 20.2. The van der Waals surface area contributed by atoms with Gasteiger partial charge in [-0.25, -0.2) is 9.97 Å². The molecule has 8 heteroatoms. The summed E-state index contributed by atoms with van der Waals surface area (Å²) < 4.78 is 1.72. The van der Waals surface area contributed by atoms with Gasteiger partial charge in [0.05, 0.1) is 12.1 Å². The smallest absolute Gasteiger partial charge is 0.218 e. The van der Waals surface area contributed by atoms with E-state index >= 15 is 0 Å². The lowest BCUT2D eigenvalue weighted by atomic mass is 10.1. The van der Waals surface area contributed by atoms with Crippen molar-refractivity contribution in [3.63, 3.8) is 0 Å². The van der Waals surface area contributed by atoms with E-state index in [0.717, 1.165) is 24.8 Å². The number of anilines is 1. The van der Waals surface area contributed by atoms with E-state index in [4.69, 9.17) is 17.3 Å². The zero-order valence-electron chi connectivity index (χ0n) is 16.0. The summed E-state index contributed by atoms with van der Waals surface area (Å²) in [6, 6.07) is 9.55. The molecule has 3 aromatic rings. The van der Waals surface area contributed by atoms with Crippen LogP contribution in [-0.2, 0) is 6.54 Å². The van der Waals surface area contributed by atoms with Crippen LogP contribution in [0.15, 0.2) is 49.1 Å². The lowest BCUT2D eigenvalue weighted by molar-refractivity contribution is 0.103. The normalized spacial score (nSPS) is 18.7. The van der Waals surface area contributed by atoms with E-state index in [-0.39, 0.29) is 11.8 Å². The molecule has 1 fully saturated rings. The maximum atomic E-state index is 13.0. The molecule has 1 aliphatic carbocycles. The van der Waals surface area contributed by atoms with Crippen LogP contribution in [0.2, 0.25) is 5.02 Å². The Morgan fingerprint density at radius 2 is 2.21 bits per heavy atom. The molecular formula is C21H23ClN6O. The van der Waals surface area contributed by atoms with Crippen molar-refractivity contribution in [3.05, 3.63) is 70.9 Å². The van der Waals surface area contributed by atoms with Crippen molar-refractivity contribution in [2.45, 2.75) is 31.8 Å². The minimum absolute atomic E-state index is 0.202. The molecule has 1 saturated carbocycles. The summed E-state index contributed by atoms with van der Waals surface area (Å²) >= 11 is 6.04. The van der Waals surface area contributed by atoms with Gasteiger partial charge in [0.2, 0.25) is 5.78 Å². The molecule has 2 unspecified atom stereocenters.